The number of fused-ring (bicyclic) bond motifs is 3. The van der Waals surface area contributed by atoms with Gasteiger partial charge in [-0.2, -0.15) is 0 Å². The van der Waals surface area contributed by atoms with E-state index in [1.807, 2.05) is 45.9 Å². The van der Waals surface area contributed by atoms with Crippen LogP contribution in [0, 0.1) is 0 Å². The first-order valence-corrected chi connectivity index (χ1v) is 9.10. The molecule has 0 unspecified atom stereocenters. The van der Waals surface area contributed by atoms with Gasteiger partial charge in [-0.3, -0.25) is 0 Å². The van der Waals surface area contributed by atoms with E-state index in [4.69, 9.17) is 0 Å². The second kappa shape index (κ2) is 9.64. The van der Waals surface area contributed by atoms with Crippen molar-refractivity contribution in [3.63, 3.8) is 0 Å². The lowest BCUT2D eigenvalue weighted by molar-refractivity contribution is 1.50. The summed E-state index contributed by atoms with van der Waals surface area (Å²) in [7, 11) is 0. The second-order valence-corrected chi connectivity index (χ2v) is 5.13. The summed E-state index contributed by atoms with van der Waals surface area (Å²) in [4.78, 5) is 0. The Bertz CT molecular complexity index is 988. The van der Waals surface area contributed by atoms with Crippen molar-refractivity contribution in [2.75, 3.05) is 0 Å². The maximum absolute atomic E-state index is 4.19. The second-order valence-electron chi connectivity index (χ2n) is 5.13. The van der Waals surface area contributed by atoms with E-state index in [0.717, 1.165) is 16.3 Å². The fraction of sp³-hybridized carbons (Fsp3) is 0.200. The molecule has 0 fully saturated rings. The molecule has 0 spiro atoms. The molecule has 0 aliphatic carbocycles. The minimum absolute atomic E-state index is 1.03. The molecule has 0 N–H and O–H groups in total. The van der Waals surface area contributed by atoms with E-state index in [1.54, 1.807) is 0 Å². The van der Waals surface area contributed by atoms with Crippen molar-refractivity contribution in [2.45, 2.75) is 34.6 Å². The molecular formula is C25H30. The zero-order valence-electron chi connectivity index (χ0n) is 16.3. The summed E-state index contributed by atoms with van der Waals surface area (Å²) in [6, 6.07) is 12.7. The van der Waals surface area contributed by atoms with Crippen molar-refractivity contribution in [2.24, 2.45) is 0 Å². The SMILES string of the molecule is C=Cc1c(C=C)c2/c(=C\C)cccc2c2cccc(=C)c12.CC.CC. The van der Waals surface area contributed by atoms with Gasteiger partial charge in [-0.05, 0) is 50.0 Å². The van der Waals surface area contributed by atoms with Gasteiger partial charge in [-0.15, -0.1) is 0 Å². The Hall–Kier alpha value is -2.60. The Kier molecular flexibility index (Phi) is 7.88. The molecule has 0 saturated carbocycles. The lowest BCUT2D eigenvalue weighted by atomic mass is 9.90. The topological polar surface area (TPSA) is 0 Å². The van der Waals surface area contributed by atoms with Gasteiger partial charge in [0, 0.05) is 0 Å². The van der Waals surface area contributed by atoms with E-state index >= 15 is 0 Å². The summed E-state index contributed by atoms with van der Waals surface area (Å²) in [5.41, 5.74) is 2.25. The van der Waals surface area contributed by atoms with Gasteiger partial charge in [0.25, 0.3) is 0 Å². The normalized spacial score (nSPS) is 10.5. The van der Waals surface area contributed by atoms with E-state index in [2.05, 4.69) is 63.1 Å². The van der Waals surface area contributed by atoms with Crippen LogP contribution in [0.25, 0.3) is 46.4 Å². The van der Waals surface area contributed by atoms with Crippen LogP contribution in [0.15, 0.2) is 49.6 Å². The van der Waals surface area contributed by atoms with Crippen LogP contribution in [0.5, 0.6) is 0 Å². The maximum atomic E-state index is 4.19. The third kappa shape index (κ3) is 3.58. The summed E-state index contributed by atoms with van der Waals surface area (Å²) in [5.74, 6) is 0. The van der Waals surface area contributed by atoms with Gasteiger partial charge in [0.2, 0.25) is 0 Å². The smallest absolute Gasteiger partial charge is 0.00299 e. The van der Waals surface area contributed by atoms with E-state index in [9.17, 15) is 0 Å². The van der Waals surface area contributed by atoms with Crippen LogP contribution in [0.2, 0.25) is 0 Å². The monoisotopic (exact) mass is 330 g/mol. The van der Waals surface area contributed by atoms with E-state index in [-0.39, 0.29) is 0 Å². The highest BCUT2D eigenvalue weighted by atomic mass is 14.1. The van der Waals surface area contributed by atoms with E-state index < -0.39 is 0 Å². The fourth-order valence-electron chi connectivity index (χ4n) is 3.17. The van der Waals surface area contributed by atoms with Crippen molar-refractivity contribution in [3.8, 4) is 0 Å². The van der Waals surface area contributed by atoms with Crippen molar-refractivity contribution in [1.82, 2.24) is 0 Å². The molecule has 0 nitrogen and oxygen atoms in total. The first-order valence-electron chi connectivity index (χ1n) is 9.10. The highest BCUT2D eigenvalue weighted by Gasteiger charge is 2.11. The minimum atomic E-state index is 1.03. The Morgan fingerprint density at radius 2 is 1.20 bits per heavy atom. The Morgan fingerprint density at radius 1 is 0.720 bits per heavy atom. The standard InChI is InChI=1S/C21H18.2C2H6/c1-5-15-11-9-13-19-18-12-8-10-14(4)20(18)16(6-2)17(7-3)21(15)19;2*1-2/h5-13H,2-4H2,1H3;2*1-2H3/b15-5-;;. The zero-order chi connectivity index (χ0) is 19.0. The lowest BCUT2D eigenvalue weighted by Gasteiger charge is -2.14. The molecule has 0 atom stereocenters. The van der Waals surface area contributed by atoms with Crippen LogP contribution in [0.3, 0.4) is 0 Å². The Morgan fingerprint density at radius 3 is 1.72 bits per heavy atom. The number of hydrogen-bond acceptors (Lipinski definition) is 0. The van der Waals surface area contributed by atoms with Gasteiger partial charge in [0.05, 0.1) is 0 Å². The molecule has 130 valence electrons. The Balaban J connectivity index is 0.000000730. The lowest BCUT2D eigenvalue weighted by Crippen LogP contribution is -2.08. The number of hydrogen-bond donors (Lipinski definition) is 0. The average Bonchev–Trinajstić information content (AvgIpc) is 2.69. The van der Waals surface area contributed by atoms with Crippen LogP contribution >= 0.6 is 0 Å². The fourth-order valence-corrected chi connectivity index (χ4v) is 3.17. The van der Waals surface area contributed by atoms with Gasteiger partial charge in [0.15, 0.2) is 0 Å². The van der Waals surface area contributed by atoms with Crippen LogP contribution in [-0.4, -0.2) is 0 Å². The predicted octanol–water partition coefficient (Wildman–Crippen LogP) is 6.54. The van der Waals surface area contributed by atoms with Crippen molar-refractivity contribution < 1.29 is 0 Å². The highest BCUT2D eigenvalue weighted by Crippen LogP contribution is 2.30. The van der Waals surface area contributed by atoms with Gasteiger partial charge < -0.3 is 0 Å². The van der Waals surface area contributed by atoms with Gasteiger partial charge in [-0.1, -0.05) is 102 Å². The quantitative estimate of drug-likeness (QED) is 0.468. The van der Waals surface area contributed by atoms with E-state index in [0.29, 0.717) is 0 Å². The maximum Gasteiger partial charge on any atom is -0.00299 e. The predicted molar refractivity (Wildman–Crippen MR) is 119 cm³/mol. The summed E-state index contributed by atoms with van der Waals surface area (Å²) in [6.07, 6.45) is 5.99. The minimum Gasteiger partial charge on any atom is -0.0984 e. The van der Waals surface area contributed by atoms with Gasteiger partial charge >= 0.3 is 0 Å². The summed E-state index contributed by atoms with van der Waals surface area (Å²) < 4.78 is 0. The number of benzene rings is 3. The first-order chi connectivity index (χ1) is 12.2. The first kappa shape index (κ1) is 20.4. The third-order valence-electron chi connectivity index (χ3n) is 4.09. The van der Waals surface area contributed by atoms with Crippen molar-refractivity contribution in [3.05, 3.63) is 71.1 Å². The molecule has 0 aliphatic rings. The number of rotatable bonds is 2. The van der Waals surface area contributed by atoms with Crippen LogP contribution in [0.4, 0.5) is 0 Å². The van der Waals surface area contributed by atoms with Gasteiger partial charge in [-0.25, -0.2) is 0 Å². The molecule has 3 aromatic carbocycles. The molecule has 25 heavy (non-hydrogen) atoms. The van der Waals surface area contributed by atoms with Crippen LogP contribution in [-0.2, 0) is 0 Å². The Labute approximate surface area is 152 Å². The summed E-state index contributed by atoms with van der Waals surface area (Å²) in [6.45, 7) is 22.3. The van der Waals surface area contributed by atoms with Crippen molar-refractivity contribution in [1.29, 1.82) is 0 Å². The van der Waals surface area contributed by atoms with Gasteiger partial charge in [0.1, 0.15) is 0 Å². The molecule has 0 heteroatoms. The molecule has 0 bridgehead atoms. The summed E-state index contributed by atoms with van der Waals surface area (Å²) in [5, 5.41) is 7.12. The zero-order valence-corrected chi connectivity index (χ0v) is 16.3. The highest BCUT2D eigenvalue weighted by molar-refractivity contribution is 6.14. The average molecular weight is 331 g/mol. The molecule has 0 amide bonds. The van der Waals surface area contributed by atoms with Crippen LogP contribution in [0.1, 0.15) is 45.7 Å². The summed E-state index contributed by atoms with van der Waals surface area (Å²) >= 11 is 0. The molecule has 0 aliphatic heterocycles. The molecular weight excluding hydrogens is 300 g/mol. The third-order valence-corrected chi connectivity index (χ3v) is 4.09. The van der Waals surface area contributed by atoms with Crippen LogP contribution < -0.4 is 10.4 Å². The molecule has 0 aromatic heterocycles. The molecule has 0 radical (unpaired) electrons. The van der Waals surface area contributed by atoms with Crippen molar-refractivity contribution >= 4 is 46.4 Å². The molecule has 3 aromatic rings. The largest absolute Gasteiger partial charge is 0.0984 e. The molecule has 0 saturated heterocycles. The molecule has 0 heterocycles. The molecule has 3 rings (SSSR count). The van der Waals surface area contributed by atoms with E-state index in [1.165, 1.54) is 26.8 Å².